The van der Waals surface area contributed by atoms with Gasteiger partial charge in [-0.25, -0.2) is 4.79 Å². The number of ether oxygens (including phenoxy) is 5. The van der Waals surface area contributed by atoms with E-state index in [4.69, 9.17) is 23.7 Å². The Morgan fingerprint density at radius 3 is 1.88 bits per heavy atom. The van der Waals surface area contributed by atoms with E-state index in [9.17, 15) is 34.5 Å². The van der Waals surface area contributed by atoms with Crippen LogP contribution in [0.5, 0.6) is 23.0 Å². The summed E-state index contributed by atoms with van der Waals surface area (Å²) in [7, 11) is 0. The van der Waals surface area contributed by atoms with E-state index in [-0.39, 0.29) is 61.9 Å². The monoisotopic (exact) mass is 1060 g/mol. The third kappa shape index (κ3) is 13.3. The van der Waals surface area contributed by atoms with Crippen LogP contribution in [0, 0.1) is 0 Å². The number of fused-ring (bicyclic) bond motifs is 6. The number of likely N-dealkylation sites (tertiary alicyclic amines) is 1. The largest absolute Gasteiger partial charge is 0.508 e. The smallest absolute Gasteiger partial charge is 0.415 e. The lowest BCUT2D eigenvalue weighted by Crippen LogP contribution is -2.50. The Hall–Kier alpha value is -5.68. The molecule has 0 bridgehead atoms. The average Bonchev–Trinajstić information content (AvgIpc) is 3.96. The first kappa shape index (κ1) is 57.5. The van der Waals surface area contributed by atoms with E-state index < -0.39 is 41.6 Å². The maximum atomic E-state index is 14.5. The summed E-state index contributed by atoms with van der Waals surface area (Å²) in [6.07, 6.45) is 14.1. The molecule has 2 saturated heterocycles. The molecular formula is C61H84N4O12. The van der Waals surface area contributed by atoms with Crippen LogP contribution in [0.2, 0.25) is 0 Å². The molecule has 0 saturated carbocycles. The van der Waals surface area contributed by atoms with Crippen LogP contribution < -0.4 is 14.2 Å². The van der Waals surface area contributed by atoms with Gasteiger partial charge in [-0.1, -0.05) is 46.6 Å². The first-order valence-electron chi connectivity index (χ1n) is 28.2. The van der Waals surface area contributed by atoms with Crippen LogP contribution in [0.15, 0.2) is 58.7 Å². The van der Waals surface area contributed by atoms with Crippen LogP contribution in [-0.4, -0.2) is 141 Å². The number of piperidine rings is 1. The number of allylic oxidation sites excluding steroid dienone is 8. The number of morpholine rings is 1. The molecule has 2 fully saturated rings. The van der Waals surface area contributed by atoms with Gasteiger partial charge in [-0.05, 0) is 138 Å². The Bertz CT molecular complexity index is 2640. The van der Waals surface area contributed by atoms with E-state index in [1.807, 2.05) is 13.8 Å². The molecule has 2 aromatic rings. The number of phenols is 1. The summed E-state index contributed by atoms with van der Waals surface area (Å²) in [5, 5.41) is 34.4. The highest BCUT2D eigenvalue weighted by atomic mass is 16.6. The number of carbonyl (C=O) groups excluding carboxylic acids is 4. The Kier molecular flexibility index (Phi) is 18.6. The summed E-state index contributed by atoms with van der Waals surface area (Å²) in [6.45, 7) is 21.4. The van der Waals surface area contributed by atoms with Gasteiger partial charge in [0.2, 0.25) is 0 Å². The van der Waals surface area contributed by atoms with Crippen molar-refractivity contribution in [2.75, 3.05) is 45.9 Å². The summed E-state index contributed by atoms with van der Waals surface area (Å²) in [6, 6.07) is 3.39. The number of amides is 3. The summed E-state index contributed by atoms with van der Waals surface area (Å²) < 4.78 is 30.9. The number of nitrogens with zero attached hydrogens (tertiary/aromatic N) is 4. The van der Waals surface area contributed by atoms with Gasteiger partial charge < -0.3 is 48.8 Å². The fraction of sp³-hybridized carbons (Fsp3) is 0.607. The predicted octanol–water partition coefficient (Wildman–Crippen LogP) is 9.63. The van der Waals surface area contributed by atoms with Crippen LogP contribution in [0.4, 0.5) is 4.79 Å². The second-order valence-corrected chi connectivity index (χ2v) is 23.2. The van der Waals surface area contributed by atoms with Crippen molar-refractivity contribution in [1.29, 1.82) is 0 Å². The molecule has 6 aliphatic rings. The number of aliphatic hydroxyl groups excluding tert-OH is 2. The Balaban J connectivity index is 0.963. The zero-order valence-corrected chi connectivity index (χ0v) is 46.9. The molecule has 16 heteroatoms. The molecule has 6 heterocycles. The van der Waals surface area contributed by atoms with Gasteiger partial charge in [0.25, 0.3) is 18.3 Å². The summed E-state index contributed by atoms with van der Waals surface area (Å²) in [5.74, 6) is 0.146. The molecule has 420 valence electrons. The molecule has 0 aliphatic carbocycles. The molecule has 0 spiro atoms. The highest BCUT2D eigenvalue weighted by molar-refractivity contribution is 6.01. The van der Waals surface area contributed by atoms with Gasteiger partial charge in [-0.3, -0.25) is 24.2 Å². The minimum atomic E-state index is -1.00. The van der Waals surface area contributed by atoms with Gasteiger partial charge in [0.05, 0.1) is 49.6 Å². The van der Waals surface area contributed by atoms with Crippen molar-refractivity contribution in [2.24, 2.45) is 0 Å². The highest BCUT2D eigenvalue weighted by Gasteiger charge is 2.47. The number of hydrogen-bond donors (Lipinski definition) is 3. The number of phenolic OH excluding ortho intramolecular Hbond substituents is 1. The van der Waals surface area contributed by atoms with E-state index in [1.165, 1.54) is 33.3 Å². The Morgan fingerprint density at radius 2 is 1.30 bits per heavy atom. The minimum Gasteiger partial charge on any atom is -0.508 e. The lowest BCUT2D eigenvalue weighted by Gasteiger charge is -2.41. The van der Waals surface area contributed by atoms with E-state index in [0.29, 0.717) is 110 Å². The molecule has 77 heavy (non-hydrogen) atoms. The zero-order chi connectivity index (χ0) is 55.2. The molecule has 5 atom stereocenters. The number of aliphatic hydroxyl groups is 2. The Morgan fingerprint density at radius 1 is 0.740 bits per heavy atom. The highest BCUT2D eigenvalue weighted by Crippen LogP contribution is 2.49. The molecule has 0 radical (unpaired) electrons. The summed E-state index contributed by atoms with van der Waals surface area (Å²) >= 11 is 0. The fourth-order valence-corrected chi connectivity index (χ4v) is 11.9. The number of carbonyl (C=O) groups is 4. The number of benzene rings is 2. The third-order valence-electron chi connectivity index (χ3n) is 16.8. The third-order valence-corrected chi connectivity index (χ3v) is 16.8. The van der Waals surface area contributed by atoms with Crippen LogP contribution in [0.1, 0.15) is 175 Å². The van der Waals surface area contributed by atoms with Crippen molar-refractivity contribution in [2.45, 2.75) is 194 Å². The zero-order valence-electron chi connectivity index (χ0n) is 46.9. The molecule has 3 amide bonds. The molecular weight excluding hydrogens is 981 g/mol. The van der Waals surface area contributed by atoms with Gasteiger partial charge in [-0.2, -0.15) is 0 Å². The second-order valence-electron chi connectivity index (χ2n) is 23.2. The molecule has 0 aromatic heterocycles. The fourth-order valence-electron chi connectivity index (χ4n) is 11.9. The maximum absolute atomic E-state index is 14.5. The first-order valence-corrected chi connectivity index (χ1v) is 28.2. The summed E-state index contributed by atoms with van der Waals surface area (Å²) in [4.78, 5) is 62.0. The minimum absolute atomic E-state index is 0.0473. The molecule has 2 aromatic carbocycles. The van der Waals surface area contributed by atoms with Crippen molar-refractivity contribution < 1.29 is 58.2 Å². The van der Waals surface area contributed by atoms with Crippen LogP contribution in [0.3, 0.4) is 0 Å². The SMILES string of the molecule is CC(C)=CCC/C(C)=C/CC[C@@]1(C)Oc2c(c(O)cc3c2CN([C@@H](CCCN2Cc4c(cc(OC(=O)N5CCC(N6CCOCC6)CC5)c5c4O[C@](C)(CC/C=C(\C)CCC=C(C)C)[C@@H](O)C5)C2=O)OC=O)C3=O)C[C@@H]1O. The van der Waals surface area contributed by atoms with E-state index in [1.54, 1.807) is 15.9 Å². The van der Waals surface area contributed by atoms with E-state index in [2.05, 4.69) is 70.7 Å². The molecule has 16 nitrogen and oxygen atoms in total. The van der Waals surface area contributed by atoms with Crippen molar-refractivity contribution in [3.8, 4) is 23.0 Å². The van der Waals surface area contributed by atoms with Crippen molar-refractivity contribution >= 4 is 24.4 Å². The van der Waals surface area contributed by atoms with Crippen LogP contribution in [0.25, 0.3) is 0 Å². The van der Waals surface area contributed by atoms with Gasteiger partial charge in [0.1, 0.15) is 34.2 Å². The van der Waals surface area contributed by atoms with Gasteiger partial charge in [-0.15, -0.1) is 0 Å². The standard InChI is InChI=1S/C61H84N4O12/c1-39(2)14-9-16-41(5)18-11-23-60(7)52(68)34-46-50(67)32-44-49(55(46)76-60)37-65(58(44)71)54(74-38-66)20-13-25-64-36-48-45(57(64)70)33-51(75-59(72)63-26-21-43(22-27-63)62-28-30-73-31-29-62)47-35-53(69)61(8,77-56(47)48)24-12-19-42(6)17-10-15-40(3)4/h14-15,18-19,32-33,38,43,52-54,67-69H,9-13,16-17,20-31,34-37H2,1-8H3/b41-18+,42-19+/t52-,53-,54+,60+,61+/m0/s1. The lowest BCUT2D eigenvalue weighted by molar-refractivity contribution is -0.141. The maximum Gasteiger partial charge on any atom is 0.415 e. The topological polar surface area (TPSA) is 188 Å². The molecule has 3 N–H and O–H groups in total. The van der Waals surface area contributed by atoms with Crippen LogP contribution >= 0.6 is 0 Å². The van der Waals surface area contributed by atoms with Gasteiger partial charge >= 0.3 is 6.09 Å². The summed E-state index contributed by atoms with van der Waals surface area (Å²) in [5.41, 5.74) is 5.85. The van der Waals surface area contributed by atoms with Crippen molar-refractivity contribution in [3.05, 3.63) is 92.1 Å². The van der Waals surface area contributed by atoms with Crippen molar-refractivity contribution in [3.63, 3.8) is 0 Å². The van der Waals surface area contributed by atoms with Gasteiger partial charge in [0.15, 0.2) is 6.23 Å². The lowest BCUT2D eigenvalue weighted by atomic mass is 9.84. The molecule has 8 rings (SSSR count). The quantitative estimate of drug-likeness (QED) is 0.0793. The molecule has 6 aliphatic heterocycles. The van der Waals surface area contributed by atoms with Crippen LogP contribution in [-0.2, 0) is 40.2 Å². The predicted molar refractivity (Wildman–Crippen MR) is 293 cm³/mol. The average molecular weight is 1070 g/mol. The number of hydrogen-bond acceptors (Lipinski definition) is 13. The number of aromatic hydroxyl groups is 1. The Labute approximate surface area is 455 Å². The van der Waals surface area contributed by atoms with E-state index in [0.717, 1.165) is 51.6 Å². The van der Waals surface area contributed by atoms with Gasteiger partial charge in [0, 0.05) is 80.3 Å². The molecule has 0 unspecified atom stereocenters. The first-order chi connectivity index (χ1) is 36.8. The normalized spacial score (nSPS) is 24.1. The van der Waals surface area contributed by atoms with E-state index >= 15 is 0 Å². The van der Waals surface area contributed by atoms with Crippen molar-refractivity contribution in [1.82, 2.24) is 19.6 Å². The second kappa shape index (κ2) is 25.0. The number of rotatable bonds is 21.